The summed E-state index contributed by atoms with van der Waals surface area (Å²) in [4.78, 5) is 25.7. The summed E-state index contributed by atoms with van der Waals surface area (Å²) in [6.45, 7) is -0.684. The van der Waals surface area contributed by atoms with Gasteiger partial charge in [0.25, 0.3) is 0 Å². The predicted octanol–water partition coefficient (Wildman–Crippen LogP) is 8.97. The van der Waals surface area contributed by atoms with E-state index in [9.17, 15) is 24.9 Å². The molecular formula is C45H34O5. The lowest BCUT2D eigenvalue weighted by atomic mass is 9.85. The maximum absolute atomic E-state index is 13.1. The van der Waals surface area contributed by atoms with Gasteiger partial charge < -0.3 is 15.3 Å². The van der Waals surface area contributed by atoms with Crippen molar-refractivity contribution in [3.05, 3.63) is 192 Å². The lowest BCUT2D eigenvalue weighted by Gasteiger charge is -2.25. The van der Waals surface area contributed by atoms with Crippen molar-refractivity contribution < 1.29 is 24.9 Å². The number of rotatable bonds is 7. The summed E-state index contributed by atoms with van der Waals surface area (Å²) in [7, 11) is 0. The largest absolute Gasteiger partial charge is 0.393 e. The standard InChI is InChI=1S/C23H18O3.C22H16O2/c24-15-23(26,21-12-11-17-6-2-4-8-19(17)14-21)22(25)20-10-9-16-5-1-3-7-18(16)13-20;23-21(19-11-9-15-5-1-3-7-17(15)13-19)22(24)20-12-10-16-6-2-4-8-18(16)14-20/h1-14,24,26H,15H2;1-14,21,23H. The highest BCUT2D eigenvalue weighted by Crippen LogP contribution is 2.30. The molecule has 2 unspecified atom stereocenters. The summed E-state index contributed by atoms with van der Waals surface area (Å²) in [6.07, 6.45) is -1.16. The van der Waals surface area contributed by atoms with Gasteiger partial charge in [0.2, 0.25) is 5.78 Å². The zero-order valence-corrected chi connectivity index (χ0v) is 27.1. The minimum atomic E-state index is -1.98. The quantitative estimate of drug-likeness (QED) is 0.149. The minimum absolute atomic E-state index is 0.281. The maximum Gasteiger partial charge on any atom is 0.201 e. The van der Waals surface area contributed by atoms with E-state index in [0.29, 0.717) is 22.3 Å². The Bertz CT molecular complexity index is 2520. The van der Waals surface area contributed by atoms with Gasteiger partial charge in [-0.2, -0.15) is 0 Å². The molecule has 8 aromatic rings. The number of hydrogen-bond acceptors (Lipinski definition) is 5. The molecule has 5 heteroatoms. The van der Waals surface area contributed by atoms with E-state index in [1.54, 1.807) is 30.3 Å². The average Bonchev–Trinajstić information content (AvgIpc) is 3.19. The summed E-state index contributed by atoms with van der Waals surface area (Å²) < 4.78 is 0. The molecule has 0 aromatic heterocycles. The molecule has 0 saturated carbocycles. The first-order chi connectivity index (χ1) is 24.3. The summed E-state index contributed by atoms with van der Waals surface area (Å²) in [6, 6.07) is 52.9. The fraction of sp³-hybridized carbons (Fsp3) is 0.0667. The number of aliphatic hydroxyl groups is 3. The van der Waals surface area contributed by atoms with E-state index in [4.69, 9.17) is 0 Å². The molecule has 0 bridgehead atoms. The molecule has 3 N–H and O–H groups in total. The fourth-order valence-corrected chi connectivity index (χ4v) is 6.34. The first-order valence-corrected chi connectivity index (χ1v) is 16.4. The van der Waals surface area contributed by atoms with Crippen LogP contribution in [0, 0.1) is 0 Å². The second-order valence-electron chi connectivity index (χ2n) is 12.4. The molecule has 8 aromatic carbocycles. The summed E-state index contributed by atoms with van der Waals surface area (Å²) in [5.41, 5.74) is -0.0848. The lowest BCUT2D eigenvalue weighted by Crippen LogP contribution is -2.39. The van der Waals surface area contributed by atoms with Crippen LogP contribution >= 0.6 is 0 Å². The third-order valence-corrected chi connectivity index (χ3v) is 9.21. The molecule has 0 aliphatic carbocycles. The molecule has 50 heavy (non-hydrogen) atoms. The number of ketones is 2. The number of carbonyl (C=O) groups excluding carboxylic acids is 2. The normalized spacial score (nSPS) is 13.0. The van der Waals surface area contributed by atoms with Gasteiger partial charge in [0.15, 0.2) is 11.4 Å². The van der Waals surface area contributed by atoms with E-state index in [-0.39, 0.29) is 5.78 Å². The third-order valence-electron chi connectivity index (χ3n) is 9.21. The highest BCUT2D eigenvalue weighted by atomic mass is 16.3. The van der Waals surface area contributed by atoms with Gasteiger partial charge in [0, 0.05) is 11.1 Å². The lowest BCUT2D eigenvalue weighted by molar-refractivity contribution is -0.00391. The van der Waals surface area contributed by atoms with Crippen LogP contribution in [0.3, 0.4) is 0 Å². The Labute approximate surface area is 289 Å². The molecule has 0 fully saturated rings. The molecule has 0 saturated heterocycles. The van der Waals surface area contributed by atoms with Gasteiger partial charge in [0.1, 0.15) is 6.10 Å². The smallest absolute Gasteiger partial charge is 0.201 e. The molecule has 2 atom stereocenters. The van der Waals surface area contributed by atoms with E-state index < -0.39 is 24.1 Å². The van der Waals surface area contributed by atoms with Crippen molar-refractivity contribution in [1.29, 1.82) is 0 Å². The van der Waals surface area contributed by atoms with Gasteiger partial charge in [-0.3, -0.25) is 9.59 Å². The van der Waals surface area contributed by atoms with Crippen molar-refractivity contribution >= 4 is 54.7 Å². The topological polar surface area (TPSA) is 94.8 Å². The monoisotopic (exact) mass is 654 g/mol. The fourth-order valence-electron chi connectivity index (χ4n) is 6.34. The van der Waals surface area contributed by atoms with Crippen LogP contribution in [0.1, 0.15) is 37.9 Å². The maximum atomic E-state index is 13.1. The van der Waals surface area contributed by atoms with Crippen molar-refractivity contribution in [3.63, 3.8) is 0 Å². The Morgan fingerprint density at radius 2 is 0.880 bits per heavy atom. The van der Waals surface area contributed by atoms with Gasteiger partial charge in [0.05, 0.1) is 6.61 Å². The van der Waals surface area contributed by atoms with Crippen LogP contribution in [0.2, 0.25) is 0 Å². The van der Waals surface area contributed by atoms with Crippen LogP contribution < -0.4 is 0 Å². The predicted molar refractivity (Wildman–Crippen MR) is 200 cm³/mol. The first-order valence-electron chi connectivity index (χ1n) is 16.4. The molecule has 0 amide bonds. The van der Waals surface area contributed by atoms with Crippen molar-refractivity contribution in [2.24, 2.45) is 0 Å². The Morgan fingerprint density at radius 1 is 0.480 bits per heavy atom. The first kappa shape index (κ1) is 32.6. The van der Waals surface area contributed by atoms with Crippen LogP contribution in [0.5, 0.6) is 0 Å². The highest BCUT2D eigenvalue weighted by molar-refractivity contribution is 6.06. The molecule has 0 radical (unpaired) electrons. The Balaban J connectivity index is 0.000000157. The average molecular weight is 655 g/mol. The Morgan fingerprint density at radius 3 is 1.40 bits per heavy atom. The second kappa shape index (κ2) is 13.9. The van der Waals surface area contributed by atoms with Crippen LogP contribution in [0.4, 0.5) is 0 Å². The van der Waals surface area contributed by atoms with Gasteiger partial charge in [-0.25, -0.2) is 0 Å². The minimum Gasteiger partial charge on any atom is -0.393 e. The van der Waals surface area contributed by atoms with Gasteiger partial charge in [-0.1, -0.05) is 146 Å². The van der Waals surface area contributed by atoms with E-state index in [1.807, 2.05) is 140 Å². The molecule has 0 aliphatic rings. The number of aliphatic hydroxyl groups excluding tert-OH is 2. The van der Waals surface area contributed by atoms with Crippen molar-refractivity contribution in [1.82, 2.24) is 0 Å². The van der Waals surface area contributed by atoms with Crippen molar-refractivity contribution in [3.8, 4) is 0 Å². The van der Waals surface area contributed by atoms with Crippen molar-refractivity contribution in [2.75, 3.05) is 6.61 Å². The molecule has 0 heterocycles. The van der Waals surface area contributed by atoms with E-state index in [1.165, 1.54) is 0 Å². The van der Waals surface area contributed by atoms with Crippen LogP contribution in [-0.4, -0.2) is 33.5 Å². The molecule has 8 rings (SSSR count). The molecule has 244 valence electrons. The molecular weight excluding hydrogens is 620 g/mol. The highest BCUT2D eigenvalue weighted by Gasteiger charge is 2.38. The summed E-state index contributed by atoms with van der Waals surface area (Å²) >= 11 is 0. The van der Waals surface area contributed by atoms with Crippen LogP contribution in [-0.2, 0) is 5.60 Å². The Kier molecular flexibility index (Phi) is 9.03. The van der Waals surface area contributed by atoms with Crippen molar-refractivity contribution in [2.45, 2.75) is 11.7 Å². The number of benzene rings is 8. The van der Waals surface area contributed by atoms with E-state index >= 15 is 0 Å². The second-order valence-corrected chi connectivity index (χ2v) is 12.4. The molecule has 5 nitrogen and oxygen atoms in total. The number of Topliss-reactive ketones (excluding diaryl/α,β-unsaturated/α-hetero) is 2. The number of hydrogen-bond donors (Lipinski definition) is 3. The zero-order valence-electron chi connectivity index (χ0n) is 27.1. The van der Waals surface area contributed by atoms with Gasteiger partial charge in [-0.15, -0.1) is 0 Å². The molecule has 0 spiro atoms. The van der Waals surface area contributed by atoms with Crippen LogP contribution in [0.15, 0.2) is 170 Å². The van der Waals surface area contributed by atoms with Gasteiger partial charge >= 0.3 is 0 Å². The number of fused-ring (bicyclic) bond motifs is 4. The molecule has 0 aliphatic heterocycles. The van der Waals surface area contributed by atoms with E-state index in [0.717, 1.165) is 43.1 Å². The van der Waals surface area contributed by atoms with E-state index in [2.05, 4.69) is 0 Å². The zero-order chi connectivity index (χ0) is 34.7. The summed E-state index contributed by atoms with van der Waals surface area (Å²) in [5, 5.41) is 39.5. The summed E-state index contributed by atoms with van der Waals surface area (Å²) in [5.74, 6) is -0.794. The Hall–Kier alpha value is -5.98. The third kappa shape index (κ3) is 6.41. The van der Waals surface area contributed by atoms with Crippen LogP contribution in [0.25, 0.3) is 43.1 Å². The van der Waals surface area contributed by atoms with Gasteiger partial charge in [-0.05, 0) is 78.5 Å². The number of carbonyl (C=O) groups is 2. The SMILES string of the molecule is O=C(c1ccc2ccccc2c1)C(O)(CO)c1ccc2ccccc2c1.O=C(c1ccc2ccccc2c1)C(O)c1ccc2ccccc2c1.